The molecule has 1 aliphatic carbocycles. The van der Waals surface area contributed by atoms with Gasteiger partial charge in [-0.25, -0.2) is 0 Å². The van der Waals surface area contributed by atoms with Crippen LogP contribution in [0.15, 0.2) is 17.5 Å². The van der Waals surface area contributed by atoms with E-state index < -0.39 is 0 Å². The Hall–Kier alpha value is -1.36. The van der Waals surface area contributed by atoms with Crippen LogP contribution in [0.25, 0.3) is 0 Å². The number of nitrogens with zero attached hydrogens (tertiary/aromatic N) is 1. The maximum Gasteiger partial charge on any atom is 0.243 e. The Balaban J connectivity index is 1.64. The molecule has 2 fully saturated rings. The Bertz CT molecular complexity index is 480. The van der Waals surface area contributed by atoms with Crippen LogP contribution in [0.5, 0.6) is 0 Å². The van der Waals surface area contributed by atoms with E-state index >= 15 is 0 Å². The lowest BCUT2D eigenvalue weighted by Crippen LogP contribution is -2.47. The van der Waals surface area contributed by atoms with Crippen LogP contribution in [-0.4, -0.2) is 28.8 Å². The maximum atomic E-state index is 12.4. The molecule has 20 heavy (non-hydrogen) atoms. The Labute approximate surface area is 123 Å². The van der Waals surface area contributed by atoms with E-state index in [1.165, 1.54) is 12.8 Å². The van der Waals surface area contributed by atoms with Gasteiger partial charge in [-0.1, -0.05) is 18.9 Å². The SMILES string of the molecule is O=C(NC1CCCC1)[C@@H]1CCC(=O)N1Cc1cccs1. The predicted molar refractivity (Wildman–Crippen MR) is 78.3 cm³/mol. The summed E-state index contributed by atoms with van der Waals surface area (Å²) in [4.78, 5) is 27.3. The summed E-state index contributed by atoms with van der Waals surface area (Å²) in [6, 6.07) is 4.04. The summed E-state index contributed by atoms with van der Waals surface area (Å²) < 4.78 is 0. The molecule has 5 heteroatoms. The molecule has 0 bridgehead atoms. The third-order valence-corrected chi connectivity index (χ3v) is 5.10. The van der Waals surface area contributed by atoms with Crippen LogP contribution < -0.4 is 5.32 Å². The van der Waals surface area contributed by atoms with E-state index in [1.807, 2.05) is 17.5 Å². The smallest absolute Gasteiger partial charge is 0.243 e. The number of carbonyl (C=O) groups is 2. The van der Waals surface area contributed by atoms with E-state index in [1.54, 1.807) is 16.2 Å². The van der Waals surface area contributed by atoms with E-state index in [9.17, 15) is 9.59 Å². The standard InChI is InChI=1S/C15H20N2O2S/c18-14-8-7-13(15(19)16-11-4-1-2-5-11)17(14)10-12-6-3-9-20-12/h3,6,9,11,13H,1-2,4-5,7-8,10H2,(H,16,19)/t13-/m0/s1. The summed E-state index contributed by atoms with van der Waals surface area (Å²) in [6.45, 7) is 0.569. The fourth-order valence-electron chi connectivity index (χ4n) is 3.14. The molecular formula is C15H20N2O2S. The molecule has 108 valence electrons. The Kier molecular flexibility index (Phi) is 4.05. The molecule has 1 aliphatic heterocycles. The summed E-state index contributed by atoms with van der Waals surface area (Å²) in [5, 5.41) is 5.12. The number of amides is 2. The molecule has 1 aromatic heterocycles. The zero-order valence-electron chi connectivity index (χ0n) is 11.5. The van der Waals surface area contributed by atoms with Crippen molar-refractivity contribution in [2.24, 2.45) is 0 Å². The van der Waals surface area contributed by atoms with Crippen molar-refractivity contribution in [3.05, 3.63) is 22.4 Å². The number of carbonyl (C=O) groups excluding carboxylic acids is 2. The van der Waals surface area contributed by atoms with Gasteiger partial charge in [-0.15, -0.1) is 11.3 Å². The van der Waals surface area contributed by atoms with Crippen LogP contribution in [-0.2, 0) is 16.1 Å². The Morgan fingerprint density at radius 1 is 1.35 bits per heavy atom. The van der Waals surface area contributed by atoms with E-state index in [2.05, 4.69) is 5.32 Å². The average Bonchev–Trinajstić information content (AvgIpc) is 3.14. The number of rotatable bonds is 4. The van der Waals surface area contributed by atoms with Gasteiger partial charge in [-0.2, -0.15) is 0 Å². The molecule has 4 nitrogen and oxygen atoms in total. The van der Waals surface area contributed by atoms with Crippen molar-refractivity contribution in [3.63, 3.8) is 0 Å². The van der Waals surface area contributed by atoms with Crippen molar-refractivity contribution >= 4 is 23.2 Å². The number of nitrogens with one attached hydrogen (secondary N) is 1. The van der Waals surface area contributed by atoms with Crippen molar-refractivity contribution in [1.82, 2.24) is 10.2 Å². The van der Waals surface area contributed by atoms with E-state index in [-0.39, 0.29) is 17.9 Å². The second-order valence-corrected chi connectivity index (χ2v) is 6.68. The van der Waals surface area contributed by atoms with Crippen molar-refractivity contribution in [2.45, 2.75) is 57.2 Å². The molecule has 0 radical (unpaired) electrons. The molecule has 3 rings (SSSR count). The van der Waals surface area contributed by atoms with Crippen molar-refractivity contribution in [1.29, 1.82) is 0 Å². The minimum atomic E-state index is -0.273. The lowest BCUT2D eigenvalue weighted by molar-refractivity contribution is -0.136. The second-order valence-electron chi connectivity index (χ2n) is 5.65. The Morgan fingerprint density at radius 3 is 2.85 bits per heavy atom. The van der Waals surface area contributed by atoms with Crippen LogP contribution in [0, 0.1) is 0 Å². The van der Waals surface area contributed by atoms with Gasteiger partial charge in [0.15, 0.2) is 0 Å². The first-order valence-corrected chi connectivity index (χ1v) is 8.24. The maximum absolute atomic E-state index is 12.4. The summed E-state index contributed by atoms with van der Waals surface area (Å²) in [5.41, 5.74) is 0. The first kappa shape index (κ1) is 13.6. The molecule has 1 saturated heterocycles. The van der Waals surface area contributed by atoms with Crippen molar-refractivity contribution in [3.8, 4) is 0 Å². The predicted octanol–water partition coefficient (Wildman–Crippen LogP) is 2.30. The molecule has 1 aromatic rings. The third-order valence-electron chi connectivity index (χ3n) is 4.24. The van der Waals surface area contributed by atoms with Gasteiger partial charge in [0.25, 0.3) is 0 Å². The van der Waals surface area contributed by atoms with Crippen LogP contribution in [0.4, 0.5) is 0 Å². The van der Waals surface area contributed by atoms with Crippen molar-refractivity contribution < 1.29 is 9.59 Å². The minimum Gasteiger partial charge on any atom is -0.352 e. The highest BCUT2D eigenvalue weighted by molar-refractivity contribution is 7.09. The fraction of sp³-hybridized carbons (Fsp3) is 0.600. The largest absolute Gasteiger partial charge is 0.352 e. The number of hydrogen-bond donors (Lipinski definition) is 1. The van der Waals surface area contributed by atoms with Gasteiger partial charge in [0.1, 0.15) is 6.04 Å². The zero-order chi connectivity index (χ0) is 13.9. The van der Waals surface area contributed by atoms with Crippen LogP contribution in [0.2, 0.25) is 0 Å². The van der Waals surface area contributed by atoms with Gasteiger partial charge in [-0.3, -0.25) is 9.59 Å². The fourth-order valence-corrected chi connectivity index (χ4v) is 3.85. The van der Waals surface area contributed by atoms with Crippen LogP contribution in [0.3, 0.4) is 0 Å². The van der Waals surface area contributed by atoms with E-state index in [4.69, 9.17) is 0 Å². The molecule has 0 spiro atoms. The van der Waals surface area contributed by atoms with E-state index in [0.717, 1.165) is 17.7 Å². The molecule has 0 unspecified atom stereocenters. The first-order valence-electron chi connectivity index (χ1n) is 7.36. The molecule has 1 saturated carbocycles. The second kappa shape index (κ2) is 5.95. The number of thiophene rings is 1. The van der Waals surface area contributed by atoms with Gasteiger partial charge in [0.05, 0.1) is 6.54 Å². The number of likely N-dealkylation sites (tertiary alicyclic amines) is 1. The molecule has 0 aromatic carbocycles. The van der Waals surface area contributed by atoms with Gasteiger partial charge in [-0.05, 0) is 30.7 Å². The molecular weight excluding hydrogens is 272 g/mol. The third kappa shape index (κ3) is 2.87. The van der Waals surface area contributed by atoms with Gasteiger partial charge >= 0.3 is 0 Å². The van der Waals surface area contributed by atoms with Gasteiger partial charge in [0.2, 0.25) is 11.8 Å². The highest BCUT2D eigenvalue weighted by Crippen LogP contribution is 2.24. The number of hydrogen-bond acceptors (Lipinski definition) is 3. The van der Waals surface area contributed by atoms with E-state index in [0.29, 0.717) is 25.4 Å². The normalized spacial score (nSPS) is 23.5. The highest BCUT2D eigenvalue weighted by atomic mass is 32.1. The monoisotopic (exact) mass is 292 g/mol. The minimum absolute atomic E-state index is 0.0410. The van der Waals surface area contributed by atoms with Crippen LogP contribution >= 0.6 is 11.3 Å². The Morgan fingerprint density at radius 2 is 2.15 bits per heavy atom. The highest BCUT2D eigenvalue weighted by Gasteiger charge is 2.36. The van der Waals surface area contributed by atoms with Gasteiger partial charge in [0, 0.05) is 17.3 Å². The molecule has 1 N–H and O–H groups in total. The molecule has 2 heterocycles. The summed E-state index contributed by atoms with van der Waals surface area (Å²) in [6.07, 6.45) is 5.71. The van der Waals surface area contributed by atoms with Crippen molar-refractivity contribution in [2.75, 3.05) is 0 Å². The summed E-state index contributed by atoms with van der Waals surface area (Å²) in [7, 11) is 0. The van der Waals surface area contributed by atoms with Gasteiger partial charge < -0.3 is 10.2 Å². The molecule has 1 atom stereocenters. The zero-order valence-corrected chi connectivity index (χ0v) is 12.3. The molecule has 2 amide bonds. The summed E-state index contributed by atoms with van der Waals surface area (Å²) >= 11 is 1.63. The summed E-state index contributed by atoms with van der Waals surface area (Å²) in [5.74, 6) is 0.143. The quantitative estimate of drug-likeness (QED) is 0.925. The lowest BCUT2D eigenvalue weighted by Gasteiger charge is -2.25. The topological polar surface area (TPSA) is 49.4 Å². The first-order chi connectivity index (χ1) is 9.74. The van der Waals surface area contributed by atoms with Crippen LogP contribution in [0.1, 0.15) is 43.4 Å². The molecule has 2 aliphatic rings. The average molecular weight is 292 g/mol. The lowest BCUT2D eigenvalue weighted by atomic mass is 10.1.